The van der Waals surface area contributed by atoms with Crippen LogP contribution < -0.4 is 19.1 Å². The predicted molar refractivity (Wildman–Crippen MR) is 145 cm³/mol. The number of rotatable bonds is 8. The van der Waals surface area contributed by atoms with E-state index in [2.05, 4.69) is 62.0 Å². The topological polar surface area (TPSA) is 62.3 Å². The van der Waals surface area contributed by atoms with Gasteiger partial charge in [0.05, 0.1) is 5.52 Å². The van der Waals surface area contributed by atoms with E-state index in [0.29, 0.717) is 0 Å². The number of fused-ring (bicyclic) bond motifs is 1. The maximum absolute atomic E-state index is 5.19. The van der Waals surface area contributed by atoms with Gasteiger partial charge in [0, 0.05) is 30.0 Å². The van der Waals surface area contributed by atoms with Crippen molar-refractivity contribution in [2.45, 2.75) is 39.0 Å². The minimum Gasteiger partial charge on any atom is -0.410 e. The number of para-hydroxylation sites is 1. The Kier molecular flexibility index (Phi) is 10.6. The molecule has 178 valence electrons. The number of nitrogens with one attached hydrogen (secondary N) is 2. The molecule has 0 radical (unpaired) electrons. The Hall–Kier alpha value is -2.03. The van der Waals surface area contributed by atoms with Crippen molar-refractivity contribution in [3.63, 3.8) is 0 Å². The second kappa shape index (κ2) is 13.6. The second-order valence-electron chi connectivity index (χ2n) is 8.11. The van der Waals surface area contributed by atoms with Crippen molar-refractivity contribution in [1.82, 2.24) is 14.7 Å². The molecule has 1 heterocycles. The van der Waals surface area contributed by atoms with Crippen LogP contribution in [0.2, 0.25) is 0 Å². The molecule has 2 N–H and O–H groups in total. The minimum absolute atomic E-state index is 0.763. The van der Waals surface area contributed by atoms with Crippen LogP contribution in [-0.2, 0) is 0 Å². The highest BCUT2D eigenvalue weighted by Crippen LogP contribution is 2.26. The van der Waals surface area contributed by atoms with Crippen molar-refractivity contribution >= 4 is 50.8 Å². The van der Waals surface area contributed by atoms with E-state index >= 15 is 0 Å². The Morgan fingerprint density at radius 3 is 2.48 bits per heavy atom. The van der Waals surface area contributed by atoms with Gasteiger partial charge in [-0.3, -0.25) is 0 Å². The van der Waals surface area contributed by atoms with E-state index in [1.807, 2.05) is 43.4 Å². The SMILES string of the molecule is CCN(C)c1nc(NCC2CCCCC2)nc2ccccc12.CNSOc1ccc(Br)cc1. The number of hydrogen-bond acceptors (Lipinski definition) is 7. The summed E-state index contributed by atoms with van der Waals surface area (Å²) >= 11 is 4.54. The van der Waals surface area contributed by atoms with Crippen molar-refractivity contribution in [3.8, 4) is 5.75 Å². The van der Waals surface area contributed by atoms with Gasteiger partial charge in [0.25, 0.3) is 0 Å². The molecule has 0 atom stereocenters. The third-order valence-corrected chi connectivity index (χ3v) is 6.70. The van der Waals surface area contributed by atoms with Crippen molar-refractivity contribution in [2.75, 3.05) is 37.4 Å². The lowest BCUT2D eigenvalue weighted by Gasteiger charge is -2.23. The Morgan fingerprint density at radius 2 is 1.79 bits per heavy atom. The third-order valence-electron chi connectivity index (χ3n) is 5.73. The predicted octanol–water partition coefficient (Wildman–Crippen LogP) is 6.69. The molecular formula is C25H34BrN5OS. The van der Waals surface area contributed by atoms with Gasteiger partial charge in [0.1, 0.15) is 23.8 Å². The quantitative estimate of drug-likeness (QED) is 0.248. The van der Waals surface area contributed by atoms with Gasteiger partial charge in [-0.15, -0.1) is 0 Å². The van der Waals surface area contributed by atoms with Gasteiger partial charge in [-0.25, -0.2) is 9.71 Å². The summed E-state index contributed by atoms with van der Waals surface area (Å²) in [5, 5.41) is 4.60. The van der Waals surface area contributed by atoms with Crippen LogP contribution in [0, 0.1) is 5.92 Å². The molecule has 1 aliphatic carbocycles. The maximum atomic E-state index is 5.19. The average molecular weight is 533 g/mol. The fourth-order valence-electron chi connectivity index (χ4n) is 3.79. The first kappa shape index (κ1) is 25.6. The summed E-state index contributed by atoms with van der Waals surface area (Å²) in [6.45, 7) is 4.07. The molecule has 8 heteroatoms. The summed E-state index contributed by atoms with van der Waals surface area (Å²) in [6, 6.07) is 15.9. The molecule has 0 unspecified atom stereocenters. The first-order valence-electron chi connectivity index (χ1n) is 11.6. The summed E-state index contributed by atoms with van der Waals surface area (Å²) in [6.07, 6.45) is 6.81. The van der Waals surface area contributed by atoms with Gasteiger partial charge in [0.2, 0.25) is 5.95 Å². The van der Waals surface area contributed by atoms with E-state index in [0.717, 1.165) is 51.9 Å². The zero-order valence-corrected chi connectivity index (χ0v) is 22.1. The normalized spacial score (nSPS) is 13.8. The Labute approximate surface area is 210 Å². The van der Waals surface area contributed by atoms with E-state index in [9.17, 15) is 0 Å². The first-order chi connectivity index (χ1) is 16.1. The molecule has 1 aromatic heterocycles. The van der Waals surface area contributed by atoms with Crippen molar-refractivity contribution < 1.29 is 4.18 Å². The Morgan fingerprint density at radius 1 is 1.06 bits per heavy atom. The molecule has 4 rings (SSSR count). The number of aromatic nitrogens is 2. The monoisotopic (exact) mass is 531 g/mol. The van der Waals surface area contributed by atoms with Crippen LogP contribution in [0.25, 0.3) is 10.9 Å². The second-order valence-corrected chi connectivity index (χ2v) is 9.77. The van der Waals surface area contributed by atoms with Gasteiger partial charge < -0.3 is 14.4 Å². The summed E-state index contributed by atoms with van der Waals surface area (Å²) in [5.41, 5.74) is 1.01. The highest BCUT2D eigenvalue weighted by Gasteiger charge is 2.15. The molecule has 0 amide bonds. The maximum Gasteiger partial charge on any atom is 0.225 e. The van der Waals surface area contributed by atoms with Crippen molar-refractivity contribution in [1.29, 1.82) is 0 Å². The lowest BCUT2D eigenvalue weighted by Crippen LogP contribution is -2.21. The van der Waals surface area contributed by atoms with Crippen LogP contribution in [0.3, 0.4) is 0 Å². The zero-order valence-electron chi connectivity index (χ0n) is 19.7. The smallest absolute Gasteiger partial charge is 0.225 e. The molecule has 2 aromatic carbocycles. The van der Waals surface area contributed by atoms with Crippen molar-refractivity contribution in [2.24, 2.45) is 5.92 Å². The van der Waals surface area contributed by atoms with E-state index in [-0.39, 0.29) is 0 Å². The fraction of sp³-hybridized carbons (Fsp3) is 0.440. The Bertz CT molecular complexity index is 982. The summed E-state index contributed by atoms with van der Waals surface area (Å²) in [4.78, 5) is 11.6. The molecule has 0 aliphatic heterocycles. The molecule has 6 nitrogen and oxygen atoms in total. The average Bonchev–Trinajstić information content (AvgIpc) is 2.87. The largest absolute Gasteiger partial charge is 0.410 e. The van der Waals surface area contributed by atoms with Crippen LogP contribution in [0.15, 0.2) is 53.0 Å². The molecule has 0 bridgehead atoms. The fourth-order valence-corrected chi connectivity index (χ4v) is 4.34. The van der Waals surface area contributed by atoms with Gasteiger partial charge in [-0.05, 0) is 69.1 Å². The van der Waals surface area contributed by atoms with Gasteiger partial charge in [-0.2, -0.15) is 4.98 Å². The summed E-state index contributed by atoms with van der Waals surface area (Å²) < 4.78 is 9.06. The lowest BCUT2D eigenvalue weighted by molar-refractivity contribution is 0.373. The summed E-state index contributed by atoms with van der Waals surface area (Å²) in [5.74, 6) is 3.39. The standard InChI is InChI=1S/C18H26N4.C7H8BrNOS/c1-3-22(2)17-15-11-7-8-12-16(15)20-18(21-17)19-13-14-9-5-4-6-10-14;1-9-11-10-7-4-2-6(8)3-5-7/h7-8,11-12,14H,3-6,9-10,13H2,1-2H3,(H,19,20,21);2-5,9H,1H3. The molecule has 3 aromatic rings. The molecule has 1 fully saturated rings. The van der Waals surface area contributed by atoms with E-state index in [4.69, 9.17) is 9.17 Å². The zero-order chi connectivity index (χ0) is 23.5. The highest BCUT2D eigenvalue weighted by atomic mass is 79.9. The molecule has 0 saturated heterocycles. The van der Waals surface area contributed by atoms with Crippen LogP contribution in [0.1, 0.15) is 39.0 Å². The van der Waals surface area contributed by atoms with Gasteiger partial charge >= 0.3 is 0 Å². The molecule has 1 saturated carbocycles. The van der Waals surface area contributed by atoms with Crippen LogP contribution in [0.4, 0.5) is 11.8 Å². The number of anilines is 2. The van der Waals surface area contributed by atoms with Crippen LogP contribution >= 0.6 is 28.2 Å². The molecule has 1 aliphatic rings. The van der Waals surface area contributed by atoms with E-state index in [1.54, 1.807) is 0 Å². The Balaban J connectivity index is 0.000000235. The number of nitrogens with zero attached hydrogens (tertiary/aromatic N) is 3. The van der Waals surface area contributed by atoms with Gasteiger partial charge in [-0.1, -0.05) is 47.3 Å². The van der Waals surface area contributed by atoms with Crippen molar-refractivity contribution in [3.05, 3.63) is 53.0 Å². The highest BCUT2D eigenvalue weighted by molar-refractivity contribution is 9.10. The van der Waals surface area contributed by atoms with Crippen LogP contribution in [0.5, 0.6) is 5.75 Å². The third kappa shape index (κ3) is 8.05. The first-order valence-corrected chi connectivity index (χ1v) is 13.1. The molecular weight excluding hydrogens is 498 g/mol. The van der Waals surface area contributed by atoms with Gasteiger partial charge in [0.15, 0.2) is 0 Å². The van der Waals surface area contributed by atoms with E-state index < -0.39 is 0 Å². The lowest BCUT2D eigenvalue weighted by atomic mass is 9.89. The molecule has 0 spiro atoms. The summed E-state index contributed by atoms with van der Waals surface area (Å²) in [7, 11) is 3.89. The molecule has 33 heavy (non-hydrogen) atoms. The van der Waals surface area contributed by atoms with E-state index in [1.165, 1.54) is 44.3 Å². The minimum atomic E-state index is 0.763. The number of halogens is 1. The van der Waals surface area contributed by atoms with Crippen LogP contribution in [-0.4, -0.2) is 37.2 Å². The number of hydrogen-bond donors (Lipinski definition) is 2. The number of benzene rings is 2.